The van der Waals surface area contributed by atoms with Crippen molar-refractivity contribution in [3.63, 3.8) is 0 Å². The van der Waals surface area contributed by atoms with Gasteiger partial charge in [0.05, 0.1) is 6.54 Å². The van der Waals surface area contributed by atoms with Gasteiger partial charge in [-0.05, 0) is 25.2 Å². The largest absolute Gasteiger partial charge is 0.348 e. The first kappa shape index (κ1) is 12.6. The minimum Gasteiger partial charge on any atom is -0.348 e. The van der Waals surface area contributed by atoms with Gasteiger partial charge in [-0.1, -0.05) is 32.6 Å². The lowest BCUT2D eigenvalue weighted by atomic mass is 9.95. The number of aromatic nitrogens is 2. The minimum atomic E-state index is 0.696. The summed E-state index contributed by atoms with van der Waals surface area (Å²) in [7, 11) is 0. The molecule has 2 unspecified atom stereocenters. The molecular weight excluding hydrogens is 210 g/mol. The molecule has 1 aromatic rings. The number of H-pyrrole nitrogens is 1. The predicted molar refractivity (Wildman–Crippen MR) is 70.7 cm³/mol. The van der Waals surface area contributed by atoms with Crippen molar-refractivity contribution in [2.24, 2.45) is 5.92 Å². The second kappa shape index (κ2) is 6.80. The molecular formula is C14H25N3. The van der Waals surface area contributed by atoms with Crippen molar-refractivity contribution < 1.29 is 0 Å². The molecule has 0 bridgehead atoms. The number of imidazole rings is 1. The molecule has 0 spiro atoms. The monoisotopic (exact) mass is 235 g/mol. The van der Waals surface area contributed by atoms with Crippen LogP contribution in [0, 0.1) is 5.92 Å². The number of aromatic amines is 1. The summed E-state index contributed by atoms with van der Waals surface area (Å²) in [6.45, 7) is 3.19. The molecule has 1 aliphatic carbocycles. The quantitative estimate of drug-likeness (QED) is 0.769. The van der Waals surface area contributed by atoms with Gasteiger partial charge in [-0.25, -0.2) is 4.98 Å². The lowest BCUT2D eigenvalue weighted by molar-refractivity contribution is 0.408. The number of hydrogen-bond donors (Lipinski definition) is 2. The van der Waals surface area contributed by atoms with Crippen molar-refractivity contribution >= 4 is 0 Å². The zero-order valence-corrected chi connectivity index (χ0v) is 10.9. The second-order valence-corrected chi connectivity index (χ2v) is 5.28. The summed E-state index contributed by atoms with van der Waals surface area (Å²) in [5, 5.41) is 3.63. The molecule has 0 amide bonds. The van der Waals surface area contributed by atoms with E-state index >= 15 is 0 Å². The van der Waals surface area contributed by atoms with Gasteiger partial charge >= 0.3 is 0 Å². The molecule has 0 aliphatic heterocycles. The van der Waals surface area contributed by atoms with E-state index in [1.54, 1.807) is 0 Å². The molecule has 17 heavy (non-hydrogen) atoms. The third-order valence-corrected chi connectivity index (χ3v) is 3.90. The Kier molecular flexibility index (Phi) is 5.05. The summed E-state index contributed by atoms with van der Waals surface area (Å²) >= 11 is 0. The Morgan fingerprint density at radius 1 is 1.35 bits per heavy atom. The first-order valence-corrected chi connectivity index (χ1v) is 7.10. The number of hydrogen-bond acceptors (Lipinski definition) is 2. The summed E-state index contributed by atoms with van der Waals surface area (Å²) in [5.41, 5.74) is 0. The van der Waals surface area contributed by atoms with E-state index in [2.05, 4.69) is 22.2 Å². The lowest BCUT2D eigenvalue weighted by Gasteiger charge is -2.16. The van der Waals surface area contributed by atoms with Crippen molar-refractivity contribution in [1.82, 2.24) is 15.3 Å². The molecule has 1 fully saturated rings. The fourth-order valence-electron chi connectivity index (χ4n) is 2.92. The van der Waals surface area contributed by atoms with Gasteiger partial charge in [-0.2, -0.15) is 0 Å². The van der Waals surface area contributed by atoms with E-state index in [1.165, 1.54) is 44.9 Å². The van der Waals surface area contributed by atoms with Crippen molar-refractivity contribution in [2.45, 2.75) is 64.5 Å². The van der Waals surface area contributed by atoms with Gasteiger partial charge in [-0.3, -0.25) is 0 Å². The van der Waals surface area contributed by atoms with Gasteiger partial charge in [0.2, 0.25) is 0 Å². The zero-order valence-electron chi connectivity index (χ0n) is 10.9. The lowest BCUT2D eigenvalue weighted by Crippen LogP contribution is -2.28. The van der Waals surface area contributed by atoms with Crippen LogP contribution < -0.4 is 5.32 Å². The van der Waals surface area contributed by atoms with Crippen LogP contribution in [0.4, 0.5) is 0 Å². The first-order valence-electron chi connectivity index (χ1n) is 7.10. The highest BCUT2D eigenvalue weighted by atomic mass is 15.0. The molecule has 2 rings (SSSR count). The molecule has 3 heteroatoms. The smallest absolute Gasteiger partial charge is 0.120 e. The summed E-state index contributed by atoms with van der Waals surface area (Å²) < 4.78 is 0. The van der Waals surface area contributed by atoms with Crippen molar-refractivity contribution in [1.29, 1.82) is 0 Å². The van der Waals surface area contributed by atoms with E-state index in [9.17, 15) is 0 Å². The van der Waals surface area contributed by atoms with Crippen molar-refractivity contribution in [3.05, 3.63) is 18.2 Å². The average molecular weight is 235 g/mol. The zero-order chi connectivity index (χ0) is 11.9. The van der Waals surface area contributed by atoms with E-state index in [1.807, 2.05) is 12.4 Å². The van der Waals surface area contributed by atoms with Gasteiger partial charge in [0.1, 0.15) is 5.82 Å². The van der Waals surface area contributed by atoms with Gasteiger partial charge in [0.15, 0.2) is 0 Å². The maximum Gasteiger partial charge on any atom is 0.120 e. The molecule has 1 saturated carbocycles. The van der Waals surface area contributed by atoms with Crippen molar-refractivity contribution in [2.75, 3.05) is 0 Å². The molecule has 2 atom stereocenters. The van der Waals surface area contributed by atoms with Crippen LogP contribution in [-0.2, 0) is 6.54 Å². The SMILES string of the molecule is CCCC1CCCC(NCc2ncc[nH]2)CC1. The summed E-state index contributed by atoms with van der Waals surface area (Å²) in [6.07, 6.45) is 13.4. The highest BCUT2D eigenvalue weighted by Gasteiger charge is 2.17. The Balaban J connectivity index is 1.71. The van der Waals surface area contributed by atoms with Crippen LogP contribution in [0.1, 0.15) is 57.7 Å². The molecule has 1 heterocycles. The topological polar surface area (TPSA) is 40.7 Å². The third kappa shape index (κ3) is 4.15. The van der Waals surface area contributed by atoms with Crippen molar-refractivity contribution in [3.8, 4) is 0 Å². The summed E-state index contributed by atoms with van der Waals surface area (Å²) in [6, 6.07) is 0.696. The Morgan fingerprint density at radius 2 is 2.29 bits per heavy atom. The molecule has 0 aromatic carbocycles. The van der Waals surface area contributed by atoms with Gasteiger partial charge in [-0.15, -0.1) is 0 Å². The van der Waals surface area contributed by atoms with Crippen LogP contribution in [0.15, 0.2) is 12.4 Å². The fourth-order valence-corrected chi connectivity index (χ4v) is 2.92. The summed E-state index contributed by atoms with van der Waals surface area (Å²) in [4.78, 5) is 7.40. The van der Waals surface area contributed by atoms with E-state index in [0.717, 1.165) is 18.3 Å². The molecule has 3 nitrogen and oxygen atoms in total. The van der Waals surface area contributed by atoms with E-state index in [0.29, 0.717) is 6.04 Å². The van der Waals surface area contributed by atoms with Crippen LogP contribution in [0.5, 0.6) is 0 Å². The molecule has 1 aliphatic rings. The fraction of sp³-hybridized carbons (Fsp3) is 0.786. The Bertz CT molecular complexity index is 294. The van der Waals surface area contributed by atoms with E-state index < -0.39 is 0 Å². The normalized spacial score (nSPS) is 25.7. The molecule has 2 N–H and O–H groups in total. The van der Waals surface area contributed by atoms with Crippen LogP contribution in [0.2, 0.25) is 0 Å². The van der Waals surface area contributed by atoms with Gasteiger partial charge < -0.3 is 10.3 Å². The second-order valence-electron chi connectivity index (χ2n) is 5.28. The Morgan fingerprint density at radius 3 is 3.06 bits per heavy atom. The minimum absolute atomic E-state index is 0.696. The summed E-state index contributed by atoms with van der Waals surface area (Å²) in [5.74, 6) is 2.04. The predicted octanol–water partition coefficient (Wildman–Crippen LogP) is 3.25. The average Bonchev–Trinajstić information content (AvgIpc) is 2.75. The Labute approximate surface area is 104 Å². The van der Waals surface area contributed by atoms with Gasteiger partial charge in [0.25, 0.3) is 0 Å². The molecule has 96 valence electrons. The molecule has 0 radical (unpaired) electrons. The van der Waals surface area contributed by atoms with Gasteiger partial charge in [0, 0.05) is 18.4 Å². The van der Waals surface area contributed by atoms with Crippen LogP contribution >= 0.6 is 0 Å². The number of nitrogens with zero attached hydrogens (tertiary/aromatic N) is 1. The maximum absolute atomic E-state index is 4.25. The highest BCUT2D eigenvalue weighted by molar-refractivity contribution is 4.87. The van der Waals surface area contributed by atoms with Crippen LogP contribution in [0.25, 0.3) is 0 Å². The number of nitrogens with one attached hydrogen (secondary N) is 2. The maximum atomic E-state index is 4.25. The number of rotatable bonds is 5. The third-order valence-electron chi connectivity index (χ3n) is 3.90. The highest BCUT2D eigenvalue weighted by Crippen LogP contribution is 2.26. The van der Waals surface area contributed by atoms with E-state index in [4.69, 9.17) is 0 Å². The molecule has 1 aromatic heterocycles. The molecule has 0 saturated heterocycles. The Hall–Kier alpha value is -0.830. The first-order chi connectivity index (χ1) is 8.38. The standard InChI is InChI=1S/C14H25N3/c1-2-4-12-5-3-6-13(8-7-12)17-11-14-15-9-10-16-14/h9-10,12-13,17H,2-8,11H2,1H3,(H,15,16). The van der Waals surface area contributed by atoms with E-state index in [-0.39, 0.29) is 0 Å². The van der Waals surface area contributed by atoms with Crippen LogP contribution in [-0.4, -0.2) is 16.0 Å². The van der Waals surface area contributed by atoms with Crippen LogP contribution in [0.3, 0.4) is 0 Å².